The van der Waals surface area contributed by atoms with Crippen molar-refractivity contribution in [3.05, 3.63) is 70.5 Å². The van der Waals surface area contributed by atoms with Gasteiger partial charge in [0.1, 0.15) is 41.1 Å². The van der Waals surface area contributed by atoms with E-state index in [2.05, 4.69) is 4.74 Å². The third-order valence-electron chi connectivity index (χ3n) is 7.33. The fourth-order valence-electron chi connectivity index (χ4n) is 5.52. The van der Waals surface area contributed by atoms with Gasteiger partial charge in [-0.25, -0.2) is 0 Å². The number of Topliss-reactive ketones (excluding diaryl/α,β-unsaturated/α-hetero) is 2. The van der Waals surface area contributed by atoms with Crippen LogP contribution in [0.3, 0.4) is 0 Å². The molecule has 2 unspecified atom stereocenters. The number of carbonyl (C=O) groups is 4. The van der Waals surface area contributed by atoms with Gasteiger partial charge in [0, 0.05) is 27.5 Å². The quantitative estimate of drug-likeness (QED) is 0.307. The van der Waals surface area contributed by atoms with Crippen LogP contribution in [0.4, 0.5) is 0 Å². The van der Waals surface area contributed by atoms with Crippen molar-refractivity contribution in [2.75, 3.05) is 14.2 Å². The molecule has 1 aromatic heterocycles. The van der Waals surface area contributed by atoms with Crippen molar-refractivity contribution in [3.8, 4) is 17.2 Å². The first-order valence-electron chi connectivity index (χ1n) is 12.5. The summed E-state index contributed by atoms with van der Waals surface area (Å²) in [5.41, 5.74) is -0.509. The van der Waals surface area contributed by atoms with Crippen LogP contribution in [-0.2, 0) is 25.5 Å². The minimum absolute atomic E-state index is 0.0521. The van der Waals surface area contributed by atoms with E-state index >= 15 is 0 Å². The number of hydrogen-bond acceptors (Lipinski definition) is 11. The van der Waals surface area contributed by atoms with Gasteiger partial charge in [0.25, 0.3) is 0 Å². The molecule has 0 saturated heterocycles. The molecule has 0 radical (unpaired) electrons. The van der Waals surface area contributed by atoms with E-state index in [1.807, 2.05) is 0 Å². The van der Waals surface area contributed by atoms with Crippen LogP contribution < -0.4 is 4.74 Å². The first-order valence-corrected chi connectivity index (χ1v) is 12.5. The number of ketones is 2. The van der Waals surface area contributed by atoms with E-state index < -0.39 is 47.9 Å². The Morgan fingerprint density at radius 2 is 1.63 bits per heavy atom. The summed E-state index contributed by atoms with van der Waals surface area (Å²) in [6, 6.07) is 10.1. The highest BCUT2D eigenvalue weighted by atomic mass is 16.5. The molecule has 3 aromatic carbocycles. The number of benzene rings is 3. The normalized spacial score (nSPS) is 16.6. The monoisotopic (exact) mass is 558 g/mol. The molecule has 1 aliphatic carbocycles. The second kappa shape index (κ2) is 9.49. The van der Waals surface area contributed by atoms with E-state index in [9.17, 15) is 34.5 Å². The van der Waals surface area contributed by atoms with Gasteiger partial charge in [-0.05, 0) is 18.2 Å². The van der Waals surface area contributed by atoms with Crippen molar-refractivity contribution in [2.45, 2.75) is 25.0 Å². The topological polar surface area (TPSA) is 170 Å². The maximum absolute atomic E-state index is 14.2. The summed E-state index contributed by atoms with van der Waals surface area (Å²) in [6.07, 6.45) is -3.97. The van der Waals surface area contributed by atoms with Gasteiger partial charge in [-0.3, -0.25) is 19.2 Å². The lowest BCUT2D eigenvalue weighted by molar-refractivity contribution is -0.144. The fourth-order valence-corrected chi connectivity index (χ4v) is 5.52. The Hall–Kier alpha value is -5.16. The second-order valence-electron chi connectivity index (χ2n) is 9.64. The fraction of sp³-hybridized carbons (Fsp3) is 0.200. The van der Waals surface area contributed by atoms with Gasteiger partial charge in [-0.15, -0.1) is 0 Å². The number of ether oxygens (including phenoxy) is 3. The zero-order valence-electron chi connectivity index (χ0n) is 21.7. The number of aliphatic hydroxyl groups is 1. The van der Waals surface area contributed by atoms with Gasteiger partial charge in [0.05, 0.1) is 37.2 Å². The zero-order valence-corrected chi connectivity index (χ0v) is 21.7. The molecule has 0 bridgehead atoms. The Morgan fingerprint density at radius 3 is 2.37 bits per heavy atom. The van der Waals surface area contributed by atoms with Crippen LogP contribution in [0.5, 0.6) is 17.2 Å². The number of phenols is 2. The van der Waals surface area contributed by atoms with Crippen LogP contribution >= 0.6 is 0 Å². The van der Waals surface area contributed by atoms with E-state index in [1.54, 1.807) is 12.1 Å². The highest BCUT2D eigenvalue weighted by molar-refractivity contribution is 6.44. The Labute approximate surface area is 231 Å². The van der Waals surface area contributed by atoms with Crippen LogP contribution in [0.2, 0.25) is 0 Å². The van der Waals surface area contributed by atoms with Gasteiger partial charge in [-0.2, -0.15) is 0 Å². The van der Waals surface area contributed by atoms with Crippen LogP contribution in [0.1, 0.15) is 38.5 Å². The second-order valence-corrected chi connectivity index (χ2v) is 9.64. The standard InChI is InChI=1S/C30H22O11/c1-38-19(34)10-12-9-15-23-24-25(26(36)13-5-3-7-16(31)21(13)27(24)37)29(18(33)11-20(35)39-2)41-30(23)22-14(28(15)40-12)6-4-8-17(22)32/h3-9,18,29,31-33H,10-11H2,1-2H3. The molecule has 3 N–H and O–H groups in total. The number of hydrogen-bond donors (Lipinski definition) is 3. The lowest BCUT2D eigenvalue weighted by Gasteiger charge is -2.36. The number of carbonyl (C=O) groups excluding carboxylic acids is 4. The third-order valence-corrected chi connectivity index (χ3v) is 7.33. The molecule has 0 spiro atoms. The summed E-state index contributed by atoms with van der Waals surface area (Å²) in [4.78, 5) is 52.2. The Kier molecular flexibility index (Phi) is 6.04. The van der Waals surface area contributed by atoms with Crippen molar-refractivity contribution >= 4 is 50.8 Å². The van der Waals surface area contributed by atoms with Gasteiger partial charge in [-0.1, -0.05) is 24.3 Å². The largest absolute Gasteiger partial charge is 0.507 e. The van der Waals surface area contributed by atoms with E-state index in [0.717, 1.165) is 7.11 Å². The number of phenolic OH excluding ortho intramolecular Hbond substituents is 2. The van der Waals surface area contributed by atoms with E-state index in [0.29, 0.717) is 5.39 Å². The summed E-state index contributed by atoms with van der Waals surface area (Å²) in [7, 11) is 2.36. The van der Waals surface area contributed by atoms with Crippen LogP contribution in [0, 0.1) is 0 Å². The number of fused-ring (bicyclic) bond motifs is 8. The highest BCUT2D eigenvalue weighted by Gasteiger charge is 2.47. The molecule has 6 rings (SSSR count). The maximum Gasteiger partial charge on any atom is 0.313 e. The Balaban J connectivity index is 1.73. The third kappa shape index (κ3) is 3.85. The van der Waals surface area contributed by atoms with E-state index in [1.165, 1.54) is 37.4 Å². The van der Waals surface area contributed by atoms with Crippen molar-refractivity contribution in [1.29, 1.82) is 0 Å². The molecule has 2 heterocycles. The maximum atomic E-state index is 14.2. The summed E-state index contributed by atoms with van der Waals surface area (Å²) in [5.74, 6) is -3.36. The number of aliphatic hydroxyl groups excluding tert-OH is 1. The number of allylic oxidation sites excluding steroid dienone is 1. The number of methoxy groups -OCH3 is 2. The summed E-state index contributed by atoms with van der Waals surface area (Å²) in [5, 5.41) is 33.5. The van der Waals surface area contributed by atoms with Crippen molar-refractivity contribution < 1.29 is 53.1 Å². The molecule has 0 fully saturated rings. The van der Waals surface area contributed by atoms with Crippen molar-refractivity contribution in [2.24, 2.45) is 0 Å². The van der Waals surface area contributed by atoms with Crippen molar-refractivity contribution in [3.63, 3.8) is 0 Å². The lowest BCUT2D eigenvalue weighted by Crippen LogP contribution is -2.43. The van der Waals surface area contributed by atoms with Crippen LogP contribution in [0.15, 0.2) is 52.5 Å². The minimum Gasteiger partial charge on any atom is -0.507 e. The molecule has 0 saturated carbocycles. The molecule has 1 aliphatic heterocycles. The van der Waals surface area contributed by atoms with E-state index in [4.69, 9.17) is 13.9 Å². The number of rotatable bonds is 5. The average molecular weight is 558 g/mol. The van der Waals surface area contributed by atoms with Crippen LogP contribution in [0.25, 0.3) is 27.3 Å². The number of furan rings is 1. The Morgan fingerprint density at radius 1 is 0.927 bits per heavy atom. The predicted molar refractivity (Wildman–Crippen MR) is 142 cm³/mol. The SMILES string of the molecule is COC(=O)Cc1cc2c3c(c4c(O)cccc4c2o1)OC(C(O)CC(=O)OC)C1=C3C(=O)c2c(O)cccc2C1=O. The predicted octanol–water partition coefficient (Wildman–Crippen LogP) is 3.23. The molecule has 208 valence electrons. The first-order chi connectivity index (χ1) is 19.7. The number of aromatic hydroxyl groups is 2. The minimum atomic E-state index is -1.63. The van der Waals surface area contributed by atoms with Crippen LogP contribution in [-0.4, -0.2) is 65.3 Å². The zero-order chi connectivity index (χ0) is 29.2. The molecule has 11 heteroatoms. The highest BCUT2D eigenvalue weighted by Crippen LogP contribution is 2.53. The molecule has 2 aliphatic rings. The average Bonchev–Trinajstić information content (AvgIpc) is 3.38. The van der Waals surface area contributed by atoms with Crippen molar-refractivity contribution in [1.82, 2.24) is 0 Å². The summed E-state index contributed by atoms with van der Waals surface area (Å²) >= 11 is 0. The number of esters is 2. The summed E-state index contributed by atoms with van der Waals surface area (Å²) < 4.78 is 21.7. The molecular formula is C30H22O11. The molecule has 2 atom stereocenters. The summed E-state index contributed by atoms with van der Waals surface area (Å²) in [6.45, 7) is 0. The molecule has 0 amide bonds. The van der Waals surface area contributed by atoms with Gasteiger partial charge in [0.15, 0.2) is 17.7 Å². The Bertz CT molecular complexity index is 1860. The van der Waals surface area contributed by atoms with Gasteiger partial charge < -0.3 is 33.9 Å². The molecule has 11 nitrogen and oxygen atoms in total. The van der Waals surface area contributed by atoms with Gasteiger partial charge in [0.2, 0.25) is 0 Å². The van der Waals surface area contributed by atoms with E-state index in [-0.39, 0.29) is 67.9 Å². The van der Waals surface area contributed by atoms with Gasteiger partial charge >= 0.3 is 11.9 Å². The molecule has 4 aromatic rings. The first kappa shape index (κ1) is 26.1. The molecule has 41 heavy (non-hydrogen) atoms. The molecular weight excluding hydrogens is 536 g/mol. The lowest BCUT2D eigenvalue weighted by atomic mass is 9.75. The smallest absolute Gasteiger partial charge is 0.313 e.